The molecule has 0 aliphatic rings. The first-order chi connectivity index (χ1) is 11.4. The Morgan fingerprint density at radius 2 is 2.08 bits per heavy atom. The highest BCUT2D eigenvalue weighted by Crippen LogP contribution is 2.27. The van der Waals surface area contributed by atoms with Crippen LogP contribution in [0.2, 0.25) is 5.02 Å². The van der Waals surface area contributed by atoms with Crippen LogP contribution in [-0.4, -0.2) is 45.3 Å². The number of nitro benzene ring substituents is 1. The molecule has 0 saturated heterocycles. The second-order valence-corrected chi connectivity index (χ2v) is 4.71. The summed E-state index contributed by atoms with van der Waals surface area (Å²) in [6.07, 6.45) is 0. The van der Waals surface area contributed by atoms with Crippen molar-refractivity contribution in [1.82, 2.24) is 14.8 Å². The zero-order chi connectivity index (χ0) is 17.9. The van der Waals surface area contributed by atoms with E-state index in [0.717, 1.165) is 17.9 Å². The highest BCUT2D eigenvalue weighted by molar-refractivity contribution is 6.30. The van der Waals surface area contributed by atoms with Gasteiger partial charge in [-0.25, -0.2) is 9.59 Å². The first-order valence-corrected chi connectivity index (χ1v) is 6.93. The molecule has 0 unspecified atom stereocenters. The normalized spacial score (nSPS) is 10.3. The summed E-state index contributed by atoms with van der Waals surface area (Å²) < 4.78 is 10.2. The van der Waals surface area contributed by atoms with Crippen LogP contribution in [0.4, 0.5) is 5.69 Å². The fourth-order valence-corrected chi connectivity index (χ4v) is 1.97. The van der Waals surface area contributed by atoms with Crippen LogP contribution >= 0.6 is 11.6 Å². The molecule has 0 bridgehead atoms. The topological polar surface area (TPSA) is 126 Å². The lowest BCUT2D eigenvalue weighted by molar-refractivity contribution is -0.384. The van der Waals surface area contributed by atoms with Gasteiger partial charge in [-0.3, -0.25) is 10.1 Å². The second kappa shape index (κ2) is 7.04. The van der Waals surface area contributed by atoms with Crippen LogP contribution in [0.1, 0.15) is 28.2 Å². The Hall–Kier alpha value is -3.01. The molecule has 1 heterocycles. The number of nitrogens with zero attached hydrogens (tertiary/aromatic N) is 4. The lowest BCUT2D eigenvalue weighted by Crippen LogP contribution is -2.14. The Bertz CT molecular complexity index is 819. The van der Waals surface area contributed by atoms with E-state index >= 15 is 0 Å². The van der Waals surface area contributed by atoms with E-state index in [0.29, 0.717) is 0 Å². The number of methoxy groups -OCH3 is 1. The largest absolute Gasteiger partial charge is 0.463 e. The molecular formula is C13H11ClN4O6. The van der Waals surface area contributed by atoms with Gasteiger partial charge in [0.2, 0.25) is 5.82 Å². The predicted molar refractivity (Wildman–Crippen MR) is 80.3 cm³/mol. The number of carbonyl (C=O) groups is 2. The second-order valence-electron chi connectivity index (χ2n) is 4.27. The number of ether oxygens (including phenoxy) is 2. The summed E-state index contributed by atoms with van der Waals surface area (Å²) in [5.41, 5.74) is -0.524. The van der Waals surface area contributed by atoms with Gasteiger partial charge in [0.05, 0.1) is 18.6 Å². The lowest BCUT2D eigenvalue weighted by Gasteiger charge is -2.06. The van der Waals surface area contributed by atoms with Crippen LogP contribution < -0.4 is 0 Å². The Balaban J connectivity index is 2.70. The van der Waals surface area contributed by atoms with Crippen LogP contribution in [0.5, 0.6) is 0 Å². The number of benzene rings is 1. The number of nitro groups is 1. The third-order valence-electron chi connectivity index (χ3n) is 2.80. The monoisotopic (exact) mass is 354 g/mol. The van der Waals surface area contributed by atoms with E-state index < -0.39 is 28.5 Å². The molecule has 0 fully saturated rings. The Kier molecular flexibility index (Phi) is 5.09. The van der Waals surface area contributed by atoms with Crippen LogP contribution in [-0.2, 0) is 9.47 Å². The van der Waals surface area contributed by atoms with E-state index in [1.807, 2.05) is 0 Å². The molecule has 0 aliphatic carbocycles. The minimum Gasteiger partial charge on any atom is -0.463 e. The Morgan fingerprint density at radius 3 is 2.67 bits per heavy atom. The molecule has 126 valence electrons. The van der Waals surface area contributed by atoms with E-state index in [1.165, 1.54) is 12.1 Å². The molecule has 11 heteroatoms. The maximum Gasteiger partial charge on any atom is 0.377 e. The first-order valence-electron chi connectivity index (χ1n) is 6.55. The summed E-state index contributed by atoms with van der Waals surface area (Å²) in [7, 11) is 1.11. The molecule has 0 N–H and O–H groups in total. The van der Waals surface area contributed by atoms with E-state index in [-0.39, 0.29) is 23.0 Å². The number of aromatic nitrogens is 3. The summed E-state index contributed by atoms with van der Waals surface area (Å²) in [6, 6.07) is 3.68. The van der Waals surface area contributed by atoms with Crippen molar-refractivity contribution in [3.05, 3.63) is 45.0 Å². The molecule has 2 rings (SSSR count). The van der Waals surface area contributed by atoms with Gasteiger partial charge in [0, 0.05) is 11.1 Å². The summed E-state index contributed by atoms with van der Waals surface area (Å²) >= 11 is 5.87. The molecule has 0 radical (unpaired) electrons. The molecule has 0 aliphatic heterocycles. The van der Waals surface area contributed by atoms with Crippen molar-refractivity contribution in [2.24, 2.45) is 0 Å². The summed E-state index contributed by atoms with van der Waals surface area (Å²) in [5.74, 6) is -2.68. The molecule has 10 nitrogen and oxygen atoms in total. The van der Waals surface area contributed by atoms with Gasteiger partial charge in [-0.2, -0.15) is 9.67 Å². The maximum atomic E-state index is 12.0. The van der Waals surface area contributed by atoms with Crippen LogP contribution in [0.15, 0.2) is 18.2 Å². The SMILES string of the molecule is CCOC(=O)c1nc(C(=O)OC)nn1-c1cc(Cl)ccc1[N+](=O)[O-]. The number of rotatable bonds is 5. The van der Waals surface area contributed by atoms with E-state index in [9.17, 15) is 19.7 Å². The molecule has 0 spiro atoms. The van der Waals surface area contributed by atoms with Crippen molar-refractivity contribution >= 4 is 29.2 Å². The fourth-order valence-electron chi connectivity index (χ4n) is 1.81. The van der Waals surface area contributed by atoms with Gasteiger partial charge in [0.15, 0.2) is 0 Å². The maximum absolute atomic E-state index is 12.0. The van der Waals surface area contributed by atoms with Crippen molar-refractivity contribution in [3.8, 4) is 5.69 Å². The smallest absolute Gasteiger partial charge is 0.377 e. The van der Waals surface area contributed by atoms with Crippen LogP contribution in [0, 0.1) is 10.1 Å². The van der Waals surface area contributed by atoms with Crippen LogP contribution in [0.25, 0.3) is 5.69 Å². The summed E-state index contributed by atoms with van der Waals surface area (Å²) in [6.45, 7) is 1.61. The van der Waals surface area contributed by atoms with Gasteiger partial charge in [0.1, 0.15) is 5.69 Å². The van der Waals surface area contributed by atoms with E-state index in [1.54, 1.807) is 6.92 Å². The van der Waals surface area contributed by atoms with Crippen molar-refractivity contribution in [1.29, 1.82) is 0 Å². The average molecular weight is 355 g/mol. The van der Waals surface area contributed by atoms with E-state index in [2.05, 4.69) is 14.8 Å². The molecular weight excluding hydrogens is 344 g/mol. The van der Waals surface area contributed by atoms with Crippen molar-refractivity contribution in [2.75, 3.05) is 13.7 Å². The summed E-state index contributed by atoms with van der Waals surface area (Å²) in [4.78, 5) is 37.9. The third-order valence-corrected chi connectivity index (χ3v) is 3.03. The van der Waals surface area contributed by atoms with Crippen LogP contribution in [0.3, 0.4) is 0 Å². The summed E-state index contributed by atoms with van der Waals surface area (Å²) in [5, 5.41) is 15.2. The average Bonchev–Trinajstić information content (AvgIpc) is 2.99. The van der Waals surface area contributed by atoms with Gasteiger partial charge in [-0.15, -0.1) is 5.10 Å². The van der Waals surface area contributed by atoms with Gasteiger partial charge >= 0.3 is 11.9 Å². The zero-order valence-electron chi connectivity index (χ0n) is 12.6. The minimum atomic E-state index is -0.913. The standard InChI is InChI=1S/C13H11ClN4O6/c1-3-24-13(20)11-15-10(12(19)23-2)16-17(11)9-6-7(14)4-5-8(9)18(21)22/h4-6H,3H2,1-2H3. The fraction of sp³-hybridized carbons (Fsp3) is 0.231. The zero-order valence-corrected chi connectivity index (χ0v) is 13.3. The van der Waals surface area contributed by atoms with Gasteiger partial charge in [-0.05, 0) is 19.1 Å². The molecule has 1 aromatic carbocycles. The van der Waals surface area contributed by atoms with Gasteiger partial charge in [-0.1, -0.05) is 11.6 Å². The predicted octanol–water partition coefficient (Wildman–Crippen LogP) is 1.79. The minimum absolute atomic E-state index is 0.0386. The third kappa shape index (κ3) is 3.33. The molecule has 0 saturated carbocycles. The highest BCUT2D eigenvalue weighted by atomic mass is 35.5. The molecule has 2 aromatic rings. The number of hydrogen-bond acceptors (Lipinski definition) is 8. The highest BCUT2D eigenvalue weighted by Gasteiger charge is 2.27. The number of carbonyl (C=O) groups excluding carboxylic acids is 2. The number of hydrogen-bond donors (Lipinski definition) is 0. The first kappa shape index (κ1) is 17.3. The number of esters is 2. The molecule has 1 aromatic heterocycles. The van der Waals surface area contributed by atoms with Crippen molar-refractivity contribution < 1.29 is 24.0 Å². The molecule has 24 heavy (non-hydrogen) atoms. The van der Waals surface area contributed by atoms with Crippen molar-refractivity contribution in [3.63, 3.8) is 0 Å². The van der Waals surface area contributed by atoms with Gasteiger partial charge < -0.3 is 9.47 Å². The molecule has 0 atom stereocenters. The Morgan fingerprint density at radius 1 is 1.38 bits per heavy atom. The number of halogens is 1. The Labute approximate surface area is 140 Å². The quantitative estimate of drug-likeness (QED) is 0.451. The van der Waals surface area contributed by atoms with Gasteiger partial charge in [0.25, 0.3) is 11.5 Å². The lowest BCUT2D eigenvalue weighted by atomic mass is 10.2. The van der Waals surface area contributed by atoms with Crippen molar-refractivity contribution in [2.45, 2.75) is 6.92 Å². The molecule has 0 amide bonds. The van der Waals surface area contributed by atoms with E-state index in [4.69, 9.17) is 16.3 Å².